The molecule has 74 valence electrons. The summed E-state index contributed by atoms with van der Waals surface area (Å²) in [5, 5.41) is 0. The molecule has 0 radical (unpaired) electrons. The van der Waals surface area contributed by atoms with E-state index in [2.05, 4.69) is 6.58 Å². The first-order valence-corrected chi connectivity index (χ1v) is 4.45. The van der Waals surface area contributed by atoms with Gasteiger partial charge in [0.25, 0.3) is 0 Å². The Morgan fingerprint density at radius 2 is 1.92 bits per heavy atom. The molecule has 0 unspecified atom stereocenters. The molecule has 0 amide bonds. The van der Waals surface area contributed by atoms with Gasteiger partial charge in [0.15, 0.2) is 11.5 Å². The smallest absolute Gasteiger partial charge is 0.171 e. The molecule has 1 aromatic heterocycles. The number of hydrogen-bond donors (Lipinski definition) is 0. The average Bonchev–Trinajstić information content (AvgIpc) is 2.47. The Hall–Kier alpha value is -1.18. The van der Waals surface area contributed by atoms with Gasteiger partial charge in [0.05, 0.1) is 7.11 Å². The molecule has 0 N–H and O–H groups in total. The molecule has 0 spiro atoms. The summed E-state index contributed by atoms with van der Waals surface area (Å²) in [4.78, 5) is 0. The van der Waals surface area contributed by atoms with Crippen molar-refractivity contribution in [2.75, 3.05) is 7.11 Å². The van der Waals surface area contributed by atoms with E-state index in [9.17, 15) is 0 Å². The third-order valence-corrected chi connectivity index (χ3v) is 1.54. The van der Waals surface area contributed by atoms with E-state index in [1.165, 1.54) is 0 Å². The molecule has 0 aliphatic carbocycles. The summed E-state index contributed by atoms with van der Waals surface area (Å²) in [6.45, 7) is 11.6. The Labute approximate surface area is 80.2 Å². The van der Waals surface area contributed by atoms with E-state index in [4.69, 9.17) is 9.15 Å². The Kier molecular flexibility index (Phi) is 4.97. The highest BCUT2D eigenvalue weighted by molar-refractivity contribution is 5.55. The van der Waals surface area contributed by atoms with Gasteiger partial charge in [-0.25, -0.2) is 0 Å². The molecule has 0 saturated heterocycles. The van der Waals surface area contributed by atoms with Crippen molar-refractivity contribution < 1.29 is 9.15 Å². The first-order chi connectivity index (χ1) is 6.15. The zero-order valence-electron chi connectivity index (χ0n) is 9.10. The normalized spacial score (nSPS) is 8.69. The topological polar surface area (TPSA) is 22.4 Å². The van der Waals surface area contributed by atoms with Crippen molar-refractivity contribution in [1.29, 1.82) is 0 Å². The fraction of sp³-hybridized carbons (Fsp3) is 0.455. The lowest BCUT2D eigenvalue weighted by Gasteiger charge is -1.99. The van der Waals surface area contributed by atoms with Gasteiger partial charge in [-0.1, -0.05) is 20.4 Å². The largest absolute Gasteiger partial charge is 0.493 e. The average molecular weight is 182 g/mol. The highest BCUT2D eigenvalue weighted by atomic mass is 16.5. The molecule has 13 heavy (non-hydrogen) atoms. The van der Waals surface area contributed by atoms with E-state index in [1.54, 1.807) is 7.11 Å². The lowest BCUT2D eigenvalue weighted by Crippen LogP contribution is -1.83. The van der Waals surface area contributed by atoms with E-state index in [0.717, 1.165) is 17.1 Å². The van der Waals surface area contributed by atoms with Crippen LogP contribution in [0.1, 0.15) is 30.9 Å². The molecule has 0 saturated carbocycles. The van der Waals surface area contributed by atoms with Gasteiger partial charge in [-0.2, -0.15) is 0 Å². The van der Waals surface area contributed by atoms with Crippen molar-refractivity contribution in [3.05, 3.63) is 29.7 Å². The van der Waals surface area contributed by atoms with Crippen LogP contribution in [0.3, 0.4) is 0 Å². The molecular weight excluding hydrogens is 164 g/mol. The first-order valence-electron chi connectivity index (χ1n) is 4.45. The van der Waals surface area contributed by atoms with Gasteiger partial charge in [0, 0.05) is 0 Å². The molecule has 1 heterocycles. The molecule has 0 atom stereocenters. The van der Waals surface area contributed by atoms with E-state index in [-0.39, 0.29) is 0 Å². The van der Waals surface area contributed by atoms with Gasteiger partial charge >= 0.3 is 0 Å². The minimum Gasteiger partial charge on any atom is -0.493 e. The number of hydrogen-bond acceptors (Lipinski definition) is 2. The molecule has 2 heteroatoms. The van der Waals surface area contributed by atoms with Crippen molar-refractivity contribution in [1.82, 2.24) is 0 Å². The molecule has 1 aromatic rings. The van der Waals surface area contributed by atoms with E-state index >= 15 is 0 Å². The maximum atomic E-state index is 5.34. The Balaban J connectivity index is 0.000000671. The summed E-state index contributed by atoms with van der Waals surface area (Å²) < 4.78 is 10.3. The molecule has 0 fully saturated rings. The van der Waals surface area contributed by atoms with Crippen molar-refractivity contribution in [2.24, 2.45) is 0 Å². The Morgan fingerprint density at radius 3 is 2.23 bits per heavy atom. The second-order valence-corrected chi connectivity index (χ2v) is 2.50. The van der Waals surface area contributed by atoms with Gasteiger partial charge in [-0.15, -0.1) is 0 Å². The van der Waals surface area contributed by atoms with Crippen LogP contribution in [0.15, 0.2) is 17.1 Å². The maximum Gasteiger partial charge on any atom is 0.171 e. The SMILES string of the molecule is C=C(OC)c1oc(C)cc1C.CC. The molecule has 0 aliphatic rings. The fourth-order valence-electron chi connectivity index (χ4n) is 1.01. The minimum atomic E-state index is 0.579. The van der Waals surface area contributed by atoms with Gasteiger partial charge in [-0.05, 0) is 25.5 Å². The fourth-order valence-corrected chi connectivity index (χ4v) is 1.01. The summed E-state index contributed by atoms with van der Waals surface area (Å²) >= 11 is 0. The Morgan fingerprint density at radius 1 is 1.38 bits per heavy atom. The number of aryl methyl sites for hydroxylation is 2. The van der Waals surface area contributed by atoms with Crippen molar-refractivity contribution in [2.45, 2.75) is 27.7 Å². The molecule has 0 aliphatic heterocycles. The van der Waals surface area contributed by atoms with Crippen LogP contribution in [0, 0.1) is 13.8 Å². The van der Waals surface area contributed by atoms with Gasteiger partial charge in [-0.3, -0.25) is 0 Å². The zero-order chi connectivity index (χ0) is 10.4. The second-order valence-electron chi connectivity index (χ2n) is 2.50. The first kappa shape index (κ1) is 11.8. The quantitative estimate of drug-likeness (QED) is 0.653. The summed E-state index contributed by atoms with van der Waals surface area (Å²) in [6, 6.07) is 1.96. The van der Waals surface area contributed by atoms with Crippen LogP contribution in [0.4, 0.5) is 0 Å². The monoisotopic (exact) mass is 182 g/mol. The van der Waals surface area contributed by atoms with Crippen LogP contribution in [0.25, 0.3) is 5.76 Å². The number of methoxy groups -OCH3 is 1. The number of rotatable bonds is 2. The molecule has 0 bridgehead atoms. The highest BCUT2D eigenvalue weighted by Gasteiger charge is 2.07. The third-order valence-electron chi connectivity index (χ3n) is 1.54. The summed E-state index contributed by atoms with van der Waals surface area (Å²) in [5.41, 5.74) is 1.06. The zero-order valence-corrected chi connectivity index (χ0v) is 9.10. The Bertz CT molecular complexity index is 272. The molecule has 0 aromatic carbocycles. The van der Waals surface area contributed by atoms with E-state index in [1.807, 2.05) is 33.8 Å². The predicted molar refractivity (Wildman–Crippen MR) is 55.6 cm³/mol. The molecule has 2 nitrogen and oxygen atoms in total. The summed E-state index contributed by atoms with van der Waals surface area (Å²) in [5.74, 6) is 2.20. The van der Waals surface area contributed by atoms with Gasteiger partial charge < -0.3 is 9.15 Å². The molecule has 1 rings (SSSR count). The van der Waals surface area contributed by atoms with Gasteiger partial charge in [0.2, 0.25) is 0 Å². The highest BCUT2D eigenvalue weighted by Crippen LogP contribution is 2.20. The molecular formula is C11H18O2. The van der Waals surface area contributed by atoms with Crippen LogP contribution in [0.2, 0.25) is 0 Å². The van der Waals surface area contributed by atoms with Crippen LogP contribution >= 0.6 is 0 Å². The maximum absolute atomic E-state index is 5.34. The van der Waals surface area contributed by atoms with Crippen molar-refractivity contribution in [3.8, 4) is 0 Å². The minimum absolute atomic E-state index is 0.579. The van der Waals surface area contributed by atoms with Crippen LogP contribution in [-0.4, -0.2) is 7.11 Å². The van der Waals surface area contributed by atoms with Crippen molar-refractivity contribution >= 4 is 5.76 Å². The predicted octanol–water partition coefficient (Wildman–Crippen LogP) is 3.54. The number of ether oxygens (including phenoxy) is 1. The van der Waals surface area contributed by atoms with E-state index in [0.29, 0.717) is 5.76 Å². The standard InChI is InChI=1S/C9H12O2.C2H6/c1-6-5-7(2)11-9(6)8(3)10-4;1-2/h5H,3H2,1-2,4H3;1-2H3. The number of furan rings is 1. The summed E-state index contributed by atoms with van der Waals surface area (Å²) in [6.07, 6.45) is 0. The van der Waals surface area contributed by atoms with Crippen LogP contribution in [-0.2, 0) is 4.74 Å². The lowest BCUT2D eigenvalue weighted by molar-refractivity contribution is 0.350. The van der Waals surface area contributed by atoms with Crippen LogP contribution in [0.5, 0.6) is 0 Å². The van der Waals surface area contributed by atoms with Crippen LogP contribution < -0.4 is 0 Å². The third kappa shape index (κ3) is 2.98. The van der Waals surface area contributed by atoms with E-state index < -0.39 is 0 Å². The van der Waals surface area contributed by atoms with Gasteiger partial charge in [0.1, 0.15) is 5.76 Å². The summed E-state index contributed by atoms with van der Waals surface area (Å²) in [7, 11) is 1.58. The van der Waals surface area contributed by atoms with Crippen molar-refractivity contribution in [3.63, 3.8) is 0 Å². The second kappa shape index (κ2) is 5.46. The lowest BCUT2D eigenvalue weighted by atomic mass is 10.2.